The lowest BCUT2D eigenvalue weighted by atomic mass is 10.2. The van der Waals surface area contributed by atoms with Gasteiger partial charge in [-0.1, -0.05) is 12.1 Å². The number of aliphatic imine (C=N–C) groups is 1. The van der Waals surface area contributed by atoms with E-state index in [-0.39, 0.29) is 6.10 Å². The molecule has 0 aliphatic carbocycles. The summed E-state index contributed by atoms with van der Waals surface area (Å²) < 4.78 is 5.61. The minimum Gasteiger partial charge on any atom is -0.376 e. The predicted octanol–water partition coefficient (Wildman–Crippen LogP) is 1.84. The van der Waals surface area contributed by atoms with E-state index >= 15 is 0 Å². The average molecular weight is 315 g/mol. The van der Waals surface area contributed by atoms with Crippen molar-refractivity contribution in [2.75, 3.05) is 26.2 Å². The fraction of sp³-hybridized carbons (Fsp3) is 0.529. The van der Waals surface area contributed by atoms with Gasteiger partial charge < -0.3 is 20.4 Å². The molecule has 6 nitrogen and oxygen atoms in total. The minimum atomic E-state index is 0.279. The van der Waals surface area contributed by atoms with Gasteiger partial charge in [-0.25, -0.2) is 4.98 Å². The Morgan fingerprint density at radius 3 is 3.09 bits per heavy atom. The third-order valence-corrected chi connectivity index (χ3v) is 3.91. The minimum absolute atomic E-state index is 0.279. The van der Waals surface area contributed by atoms with Gasteiger partial charge in [0, 0.05) is 26.1 Å². The van der Waals surface area contributed by atoms with Crippen LogP contribution in [0.3, 0.4) is 0 Å². The number of rotatable bonds is 6. The highest BCUT2D eigenvalue weighted by Crippen LogP contribution is 2.12. The van der Waals surface area contributed by atoms with E-state index in [1.807, 2.05) is 24.3 Å². The zero-order valence-corrected chi connectivity index (χ0v) is 13.6. The number of aromatic nitrogens is 2. The Kier molecular flexibility index (Phi) is 5.47. The average Bonchev–Trinajstić information content (AvgIpc) is 3.21. The Morgan fingerprint density at radius 2 is 2.30 bits per heavy atom. The summed E-state index contributed by atoms with van der Waals surface area (Å²) in [5.74, 6) is 1.84. The zero-order chi connectivity index (χ0) is 15.9. The van der Waals surface area contributed by atoms with E-state index in [0.717, 1.165) is 68.3 Å². The zero-order valence-electron chi connectivity index (χ0n) is 13.6. The predicted molar refractivity (Wildman–Crippen MR) is 92.8 cm³/mol. The van der Waals surface area contributed by atoms with Crippen molar-refractivity contribution >= 4 is 17.0 Å². The molecule has 1 saturated heterocycles. The summed E-state index contributed by atoms with van der Waals surface area (Å²) >= 11 is 0. The van der Waals surface area contributed by atoms with Crippen LogP contribution in [-0.2, 0) is 11.2 Å². The highest BCUT2D eigenvalue weighted by molar-refractivity contribution is 5.79. The molecule has 3 N–H and O–H groups in total. The normalized spacial score (nSPS) is 18.5. The van der Waals surface area contributed by atoms with Gasteiger partial charge >= 0.3 is 0 Å². The second kappa shape index (κ2) is 7.97. The molecule has 0 amide bonds. The van der Waals surface area contributed by atoms with Crippen LogP contribution in [0.25, 0.3) is 11.0 Å². The molecule has 0 radical (unpaired) electrons. The van der Waals surface area contributed by atoms with Gasteiger partial charge in [-0.3, -0.25) is 4.99 Å². The number of nitrogens with zero attached hydrogens (tertiary/aromatic N) is 2. The molecule has 6 heteroatoms. The van der Waals surface area contributed by atoms with Crippen molar-refractivity contribution in [3.8, 4) is 0 Å². The van der Waals surface area contributed by atoms with Gasteiger partial charge in [0.1, 0.15) is 5.82 Å². The lowest BCUT2D eigenvalue weighted by Gasteiger charge is -2.12. The Hall–Kier alpha value is -2.08. The second-order valence-corrected chi connectivity index (χ2v) is 5.73. The Bertz CT molecular complexity index is 612. The van der Waals surface area contributed by atoms with Crippen LogP contribution in [0.5, 0.6) is 0 Å². The molecule has 1 aromatic heterocycles. The number of nitrogens with one attached hydrogen (secondary N) is 3. The first-order chi connectivity index (χ1) is 11.3. The van der Waals surface area contributed by atoms with Gasteiger partial charge in [0.2, 0.25) is 0 Å². The van der Waals surface area contributed by atoms with Gasteiger partial charge in [0.25, 0.3) is 0 Å². The number of fused-ring (bicyclic) bond motifs is 1. The molecule has 1 atom stereocenters. The monoisotopic (exact) mass is 315 g/mol. The van der Waals surface area contributed by atoms with Crippen molar-refractivity contribution in [3.63, 3.8) is 0 Å². The second-order valence-electron chi connectivity index (χ2n) is 5.73. The molecule has 23 heavy (non-hydrogen) atoms. The van der Waals surface area contributed by atoms with E-state index in [0.29, 0.717) is 0 Å². The first-order valence-electron chi connectivity index (χ1n) is 8.42. The van der Waals surface area contributed by atoms with Crippen LogP contribution in [0.15, 0.2) is 29.3 Å². The topological polar surface area (TPSA) is 74.3 Å². The van der Waals surface area contributed by atoms with E-state index in [1.165, 1.54) is 0 Å². The smallest absolute Gasteiger partial charge is 0.191 e. The fourth-order valence-corrected chi connectivity index (χ4v) is 2.75. The van der Waals surface area contributed by atoms with Crippen LogP contribution in [0.4, 0.5) is 0 Å². The maximum Gasteiger partial charge on any atom is 0.191 e. The molecule has 0 saturated carbocycles. The molecule has 0 spiro atoms. The van der Waals surface area contributed by atoms with Crippen molar-refractivity contribution in [3.05, 3.63) is 30.1 Å². The van der Waals surface area contributed by atoms with E-state index in [1.54, 1.807) is 0 Å². The summed E-state index contributed by atoms with van der Waals surface area (Å²) in [6.45, 7) is 5.30. The molecule has 1 fully saturated rings. The first-order valence-corrected chi connectivity index (χ1v) is 8.42. The lowest BCUT2D eigenvalue weighted by Crippen LogP contribution is -2.39. The molecule has 1 unspecified atom stereocenters. The third kappa shape index (κ3) is 4.45. The molecular formula is C17H25N5O. The standard InChI is InChI=1S/C17H25N5O/c1-2-18-17(20-12-13-6-5-11-23-13)19-10-9-16-21-14-7-3-4-8-15(14)22-16/h3-4,7-8,13H,2,5-6,9-12H2,1H3,(H,21,22)(H2,18,19,20). The van der Waals surface area contributed by atoms with E-state index in [9.17, 15) is 0 Å². The number of aromatic amines is 1. The number of guanidine groups is 1. The maximum atomic E-state index is 5.61. The molecular weight excluding hydrogens is 290 g/mol. The van der Waals surface area contributed by atoms with Crippen LogP contribution in [0.2, 0.25) is 0 Å². The van der Waals surface area contributed by atoms with E-state index in [4.69, 9.17) is 4.74 Å². The van der Waals surface area contributed by atoms with Gasteiger partial charge in [-0.05, 0) is 31.9 Å². The number of ether oxygens (including phenoxy) is 1. The van der Waals surface area contributed by atoms with Crippen LogP contribution < -0.4 is 10.6 Å². The van der Waals surface area contributed by atoms with Crippen LogP contribution in [0, 0.1) is 0 Å². The first kappa shape index (κ1) is 15.8. The molecule has 1 aliphatic heterocycles. The highest BCUT2D eigenvalue weighted by atomic mass is 16.5. The summed E-state index contributed by atoms with van der Waals surface area (Å²) in [5, 5.41) is 6.63. The van der Waals surface area contributed by atoms with Gasteiger partial charge in [-0.15, -0.1) is 0 Å². The maximum absolute atomic E-state index is 5.61. The Labute approximate surface area is 136 Å². The largest absolute Gasteiger partial charge is 0.376 e. The highest BCUT2D eigenvalue weighted by Gasteiger charge is 2.14. The SMILES string of the molecule is CCNC(=NCC1CCCO1)NCCc1nc2ccccc2[nH]1. The Morgan fingerprint density at radius 1 is 1.39 bits per heavy atom. The summed E-state index contributed by atoms with van der Waals surface area (Å²) in [7, 11) is 0. The van der Waals surface area contributed by atoms with Crippen LogP contribution in [-0.4, -0.2) is 48.3 Å². The number of hydrogen-bond acceptors (Lipinski definition) is 3. The van der Waals surface area contributed by atoms with Crippen molar-refractivity contribution < 1.29 is 4.74 Å². The van der Waals surface area contributed by atoms with Crippen molar-refractivity contribution in [2.24, 2.45) is 4.99 Å². The molecule has 3 rings (SSSR count). The molecule has 0 bridgehead atoms. The van der Waals surface area contributed by atoms with E-state index in [2.05, 4.69) is 32.5 Å². The number of imidazole rings is 1. The van der Waals surface area contributed by atoms with Gasteiger partial charge in [0.05, 0.1) is 23.7 Å². The number of para-hydroxylation sites is 2. The van der Waals surface area contributed by atoms with Gasteiger partial charge in [-0.2, -0.15) is 0 Å². The van der Waals surface area contributed by atoms with Gasteiger partial charge in [0.15, 0.2) is 5.96 Å². The van der Waals surface area contributed by atoms with E-state index < -0.39 is 0 Å². The molecule has 1 aromatic carbocycles. The number of hydrogen-bond donors (Lipinski definition) is 3. The summed E-state index contributed by atoms with van der Waals surface area (Å²) in [6.07, 6.45) is 3.37. The lowest BCUT2D eigenvalue weighted by molar-refractivity contribution is 0.117. The Balaban J connectivity index is 1.50. The number of H-pyrrole nitrogens is 1. The summed E-state index contributed by atoms with van der Waals surface area (Å²) in [4.78, 5) is 12.5. The van der Waals surface area contributed by atoms with Crippen LogP contribution in [0.1, 0.15) is 25.6 Å². The molecule has 124 valence electrons. The number of benzene rings is 1. The summed E-state index contributed by atoms with van der Waals surface area (Å²) in [5.41, 5.74) is 2.10. The van der Waals surface area contributed by atoms with Crippen molar-refractivity contribution in [1.82, 2.24) is 20.6 Å². The molecule has 2 heterocycles. The van der Waals surface area contributed by atoms with Crippen molar-refractivity contribution in [1.29, 1.82) is 0 Å². The fourth-order valence-electron chi connectivity index (χ4n) is 2.75. The molecule has 2 aromatic rings. The van der Waals surface area contributed by atoms with Crippen LogP contribution >= 0.6 is 0 Å². The van der Waals surface area contributed by atoms with Crippen molar-refractivity contribution in [2.45, 2.75) is 32.3 Å². The quantitative estimate of drug-likeness (QED) is 0.562. The molecule has 1 aliphatic rings. The third-order valence-electron chi connectivity index (χ3n) is 3.91. The summed E-state index contributed by atoms with van der Waals surface area (Å²) in [6, 6.07) is 8.10.